The van der Waals surface area contributed by atoms with Gasteiger partial charge in [0.2, 0.25) is 5.67 Å². The van der Waals surface area contributed by atoms with E-state index < -0.39 is 23.9 Å². The van der Waals surface area contributed by atoms with Crippen LogP contribution in [0.1, 0.15) is 13.8 Å². The van der Waals surface area contributed by atoms with Crippen molar-refractivity contribution in [3.63, 3.8) is 0 Å². The van der Waals surface area contributed by atoms with Gasteiger partial charge in [-0.25, -0.2) is 14.3 Å². The van der Waals surface area contributed by atoms with Crippen LogP contribution in [0.3, 0.4) is 0 Å². The normalized spacial score (nSPS) is 20.8. The molecule has 0 aliphatic carbocycles. The third-order valence-electron chi connectivity index (χ3n) is 1.80. The van der Waals surface area contributed by atoms with Gasteiger partial charge in [-0.3, -0.25) is 10.0 Å². The number of nitrogens with one attached hydrogen (secondary N) is 1. The Labute approximate surface area is 68.1 Å². The summed E-state index contributed by atoms with van der Waals surface area (Å²) in [5.41, 5.74) is -4.30. The highest BCUT2D eigenvalue weighted by atomic mass is 19.1. The third kappa shape index (κ3) is 1.70. The van der Waals surface area contributed by atoms with Crippen molar-refractivity contribution in [3.8, 4) is 0 Å². The fraction of sp³-hybridized carbons (Fsp3) is 0.833. The zero-order valence-corrected chi connectivity index (χ0v) is 6.77. The predicted octanol–water partition coefficient (Wildman–Crippen LogP) is -0.0595. The number of hydroxylamine groups is 1. The van der Waals surface area contributed by atoms with Crippen molar-refractivity contribution in [2.45, 2.75) is 25.1 Å². The second kappa shape index (κ2) is 3.32. The van der Waals surface area contributed by atoms with Crippen LogP contribution in [0.15, 0.2) is 0 Å². The minimum Gasteiger partial charge on any atom is -0.384 e. The Balaban J connectivity index is 4.71. The monoisotopic (exact) mass is 183 g/mol. The second-order valence-corrected chi connectivity index (χ2v) is 2.85. The summed E-state index contributed by atoms with van der Waals surface area (Å²) >= 11 is 0. The first-order chi connectivity index (χ1) is 5.29. The molecule has 6 heteroatoms. The largest absolute Gasteiger partial charge is 0.384 e. The lowest BCUT2D eigenvalue weighted by Gasteiger charge is -2.31. The molecule has 3 N–H and O–H groups in total. The number of alkyl halides is 2. The molecule has 0 aliphatic rings. The van der Waals surface area contributed by atoms with Gasteiger partial charge >= 0.3 is 0 Å². The van der Waals surface area contributed by atoms with Gasteiger partial charge in [-0.2, -0.15) is 0 Å². The van der Waals surface area contributed by atoms with Gasteiger partial charge < -0.3 is 5.11 Å². The van der Waals surface area contributed by atoms with Crippen LogP contribution >= 0.6 is 0 Å². The van der Waals surface area contributed by atoms with E-state index in [1.807, 2.05) is 0 Å². The molecule has 0 aromatic carbocycles. The number of carbonyl (C=O) groups excluding carboxylic acids is 1. The lowest BCUT2D eigenvalue weighted by atomic mass is 9.88. The Morgan fingerprint density at radius 1 is 1.58 bits per heavy atom. The summed E-state index contributed by atoms with van der Waals surface area (Å²) in [7, 11) is 0. The smallest absolute Gasteiger partial charge is 0.283 e. The first-order valence-electron chi connectivity index (χ1n) is 3.21. The highest BCUT2D eigenvalue weighted by Gasteiger charge is 2.50. The molecule has 0 spiro atoms. The Hall–Kier alpha value is -0.750. The molecule has 2 atom stereocenters. The Kier molecular flexibility index (Phi) is 3.11. The predicted molar refractivity (Wildman–Crippen MR) is 36.0 cm³/mol. The molecule has 72 valence electrons. The molecule has 0 saturated heterocycles. The molecule has 0 radical (unpaired) electrons. The molecule has 0 rings (SSSR count). The van der Waals surface area contributed by atoms with Gasteiger partial charge in [-0.15, -0.1) is 0 Å². The van der Waals surface area contributed by atoms with Crippen LogP contribution in [0.5, 0.6) is 0 Å². The van der Waals surface area contributed by atoms with Crippen LogP contribution in [0, 0.1) is 0 Å². The van der Waals surface area contributed by atoms with Crippen molar-refractivity contribution in [3.05, 3.63) is 0 Å². The molecule has 0 fully saturated rings. The fourth-order valence-electron chi connectivity index (χ4n) is 0.475. The summed E-state index contributed by atoms with van der Waals surface area (Å²) in [5, 5.41) is 17.1. The van der Waals surface area contributed by atoms with Crippen LogP contribution in [0.25, 0.3) is 0 Å². The average Bonchev–Trinajstić information content (AvgIpc) is 2.02. The van der Waals surface area contributed by atoms with E-state index in [0.717, 1.165) is 12.4 Å². The summed E-state index contributed by atoms with van der Waals surface area (Å²) in [5.74, 6) is -1.48. The lowest BCUT2D eigenvalue weighted by molar-refractivity contribution is -0.161. The highest BCUT2D eigenvalue weighted by Crippen LogP contribution is 2.26. The number of carbonyl (C=O) groups is 1. The van der Waals surface area contributed by atoms with Crippen LogP contribution in [0.4, 0.5) is 8.78 Å². The molecule has 0 aromatic heterocycles. The lowest BCUT2D eigenvalue weighted by Crippen LogP contribution is -2.57. The van der Waals surface area contributed by atoms with Crippen molar-refractivity contribution in [1.82, 2.24) is 5.48 Å². The van der Waals surface area contributed by atoms with Crippen molar-refractivity contribution >= 4 is 5.91 Å². The summed E-state index contributed by atoms with van der Waals surface area (Å²) < 4.78 is 25.2. The van der Waals surface area contributed by atoms with Gasteiger partial charge in [-0.1, -0.05) is 0 Å². The van der Waals surface area contributed by atoms with Crippen LogP contribution < -0.4 is 5.48 Å². The Morgan fingerprint density at radius 3 is 2.25 bits per heavy atom. The average molecular weight is 183 g/mol. The van der Waals surface area contributed by atoms with Crippen molar-refractivity contribution in [1.29, 1.82) is 0 Å². The topological polar surface area (TPSA) is 69.6 Å². The molecular formula is C6H11F2NO3. The molecular weight excluding hydrogens is 172 g/mol. The number of hydrogen-bond acceptors (Lipinski definition) is 3. The Morgan fingerprint density at radius 2 is 2.00 bits per heavy atom. The summed E-state index contributed by atoms with van der Waals surface area (Å²) in [4.78, 5) is 10.6. The number of hydrogen-bond donors (Lipinski definition) is 3. The highest BCUT2D eigenvalue weighted by molar-refractivity contribution is 5.85. The summed E-state index contributed by atoms with van der Waals surface area (Å²) in [6.07, 6.45) is 0. The van der Waals surface area contributed by atoms with Crippen LogP contribution in [-0.4, -0.2) is 34.2 Å². The maximum Gasteiger partial charge on any atom is 0.283 e. The van der Waals surface area contributed by atoms with Gasteiger partial charge in [0.05, 0.1) is 0 Å². The fourth-order valence-corrected chi connectivity index (χ4v) is 0.475. The van der Waals surface area contributed by atoms with Gasteiger partial charge in [0.15, 0.2) is 0 Å². The van der Waals surface area contributed by atoms with E-state index in [4.69, 9.17) is 10.3 Å². The van der Waals surface area contributed by atoms with Crippen molar-refractivity contribution < 1.29 is 23.9 Å². The number of amides is 1. The first kappa shape index (κ1) is 11.2. The molecule has 4 nitrogen and oxygen atoms in total. The number of rotatable bonds is 3. The Bertz CT molecular complexity index is 182. The van der Waals surface area contributed by atoms with Crippen molar-refractivity contribution in [2.75, 3.05) is 6.67 Å². The molecule has 1 amide bonds. The number of aliphatic hydroxyl groups is 1. The van der Waals surface area contributed by atoms with E-state index in [0.29, 0.717) is 6.92 Å². The minimum absolute atomic E-state index is 0.679. The summed E-state index contributed by atoms with van der Waals surface area (Å²) in [6.45, 7) is 0.0772. The van der Waals surface area contributed by atoms with E-state index in [1.165, 1.54) is 0 Å². The van der Waals surface area contributed by atoms with E-state index >= 15 is 0 Å². The van der Waals surface area contributed by atoms with Gasteiger partial charge in [0, 0.05) is 0 Å². The molecule has 0 heterocycles. The van der Waals surface area contributed by atoms with Crippen molar-refractivity contribution in [2.24, 2.45) is 0 Å². The molecule has 0 saturated carbocycles. The van der Waals surface area contributed by atoms with Gasteiger partial charge in [-0.05, 0) is 13.8 Å². The van der Waals surface area contributed by atoms with E-state index in [2.05, 4.69) is 0 Å². The second-order valence-electron chi connectivity index (χ2n) is 2.85. The van der Waals surface area contributed by atoms with Crippen LogP contribution in [0.2, 0.25) is 0 Å². The van der Waals surface area contributed by atoms with E-state index in [9.17, 15) is 13.6 Å². The van der Waals surface area contributed by atoms with E-state index in [1.54, 1.807) is 0 Å². The number of halogens is 2. The molecule has 0 aromatic rings. The van der Waals surface area contributed by atoms with Crippen LogP contribution in [-0.2, 0) is 4.79 Å². The molecule has 0 aliphatic heterocycles. The summed E-state index contributed by atoms with van der Waals surface area (Å²) in [6, 6.07) is 0. The van der Waals surface area contributed by atoms with Gasteiger partial charge in [0.25, 0.3) is 5.91 Å². The maximum atomic E-state index is 13.2. The SMILES string of the molecule is CC(O)(CF)C(C)(F)C(=O)NO. The third-order valence-corrected chi connectivity index (χ3v) is 1.80. The molecule has 0 bridgehead atoms. The quantitative estimate of drug-likeness (QED) is 0.424. The molecule has 2 unspecified atom stereocenters. The zero-order chi connectivity index (χ0) is 9.99. The zero-order valence-electron chi connectivity index (χ0n) is 6.77. The van der Waals surface area contributed by atoms with E-state index in [-0.39, 0.29) is 0 Å². The first-order valence-corrected chi connectivity index (χ1v) is 3.21. The standard InChI is InChI=1S/C6H11F2NO3/c1-5(11,3-7)6(2,8)4(10)9-12/h11-12H,3H2,1-2H3,(H,9,10). The maximum absolute atomic E-state index is 13.2. The van der Waals surface area contributed by atoms with Gasteiger partial charge in [0.1, 0.15) is 12.3 Å². The molecule has 12 heavy (non-hydrogen) atoms. The minimum atomic E-state index is -2.86.